The van der Waals surface area contributed by atoms with Crippen molar-refractivity contribution in [2.24, 2.45) is 0 Å². The van der Waals surface area contributed by atoms with Crippen molar-refractivity contribution in [2.45, 2.75) is 25.3 Å². The molecule has 2 aromatic rings. The van der Waals surface area contributed by atoms with E-state index < -0.39 is 39.6 Å². The summed E-state index contributed by atoms with van der Waals surface area (Å²) < 4.78 is 82.1. The summed E-state index contributed by atoms with van der Waals surface area (Å²) in [6, 6.07) is 11.0. The van der Waals surface area contributed by atoms with Crippen LogP contribution >= 0.6 is 0 Å². The van der Waals surface area contributed by atoms with E-state index in [9.17, 15) is 26.0 Å². The Hall–Kier alpha value is -3.71. The first-order chi connectivity index (χ1) is 16.4. The molecule has 1 unspecified atom stereocenters. The Balaban J connectivity index is 2.08. The molecule has 2 N–H and O–H groups in total. The van der Waals surface area contributed by atoms with Crippen LogP contribution in [0.4, 0.5) is 28.9 Å². The standard InChI is InChI=1S/C25H23F4N3O2S/c1-4-9-19-12-13-22(25(27,28)29)32(24(19)30-20-10-7-6-8-11-20)16-17-14-18(5-2)23(21(26)15-17)31-35(3,33)34/h2,4,6-8,10-15,24,30-31H,1,9,16H2,3H3. The molecule has 0 aliphatic carbocycles. The van der Waals surface area contributed by atoms with E-state index in [2.05, 4.69) is 17.8 Å². The Kier molecular flexibility index (Phi) is 7.60. The quantitative estimate of drug-likeness (QED) is 0.287. The van der Waals surface area contributed by atoms with Gasteiger partial charge in [-0.25, -0.2) is 12.8 Å². The third kappa shape index (κ3) is 6.45. The van der Waals surface area contributed by atoms with Crippen molar-refractivity contribution in [2.75, 3.05) is 16.3 Å². The Morgan fingerprint density at radius 3 is 2.46 bits per heavy atom. The first-order valence-corrected chi connectivity index (χ1v) is 12.3. The SMILES string of the molecule is C#Cc1cc(CN2C(C(F)(F)F)=CC=C(CC=C)C2Nc2ccccc2)cc(F)c1NS(C)(=O)=O. The van der Waals surface area contributed by atoms with Gasteiger partial charge in [0.05, 0.1) is 17.5 Å². The number of para-hydroxylation sites is 1. The molecule has 1 heterocycles. The van der Waals surface area contributed by atoms with Crippen LogP contribution in [0.5, 0.6) is 0 Å². The van der Waals surface area contributed by atoms with Crippen LogP contribution in [0.25, 0.3) is 0 Å². The van der Waals surface area contributed by atoms with E-state index in [1.807, 2.05) is 4.72 Å². The largest absolute Gasteiger partial charge is 0.431 e. The van der Waals surface area contributed by atoms with Gasteiger partial charge >= 0.3 is 6.18 Å². The number of halogens is 4. The molecule has 0 bridgehead atoms. The lowest BCUT2D eigenvalue weighted by Gasteiger charge is -2.40. The van der Waals surface area contributed by atoms with Crippen LogP contribution in [0.15, 0.2) is 78.5 Å². The zero-order chi connectivity index (χ0) is 25.8. The number of alkyl halides is 3. The summed E-state index contributed by atoms with van der Waals surface area (Å²) in [5, 5.41) is 3.12. The van der Waals surface area contributed by atoms with Gasteiger partial charge < -0.3 is 10.2 Å². The summed E-state index contributed by atoms with van der Waals surface area (Å²) in [4.78, 5) is 1.07. The number of benzene rings is 2. The number of anilines is 2. The summed E-state index contributed by atoms with van der Waals surface area (Å²) in [7, 11) is -3.84. The second-order valence-electron chi connectivity index (χ2n) is 7.84. The van der Waals surface area contributed by atoms with Gasteiger partial charge in [0, 0.05) is 12.2 Å². The second kappa shape index (κ2) is 10.3. The lowest BCUT2D eigenvalue weighted by Crippen LogP contribution is -2.46. The van der Waals surface area contributed by atoms with E-state index >= 15 is 0 Å². The van der Waals surface area contributed by atoms with Crippen molar-refractivity contribution < 1.29 is 26.0 Å². The Bertz CT molecular complexity index is 1310. The number of nitrogens with zero attached hydrogens (tertiary/aromatic N) is 1. The van der Waals surface area contributed by atoms with Gasteiger partial charge in [-0.3, -0.25) is 4.72 Å². The van der Waals surface area contributed by atoms with Crippen LogP contribution in [-0.2, 0) is 16.6 Å². The van der Waals surface area contributed by atoms with Gasteiger partial charge in [-0.15, -0.1) is 13.0 Å². The average Bonchev–Trinajstić information content (AvgIpc) is 2.76. The van der Waals surface area contributed by atoms with E-state index in [1.165, 1.54) is 12.1 Å². The predicted octanol–water partition coefficient (Wildman–Crippen LogP) is 5.38. The second-order valence-corrected chi connectivity index (χ2v) is 9.59. The molecule has 184 valence electrons. The monoisotopic (exact) mass is 505 g/mol. The number of nitrogens with one attached hydrogen (secondary N) is 2. The number of sulfonamides is 1. The minimum Gasteiger partial charge on any atom is -0.362 e. The maximum atomic E-state index is 14.8. The van der Waals surface area contributed by atoms with Crippen molar-refractivity contribution in [3.63, 3.8) is 0 Å². The summed E-state index contributed by atoms with van der Waals surface area (Å²) in [5.41, 5.74) is -0.164. The molecule has 1 aliphatic heterocycles. The van der Waals surface area contributed by atoms with Gasteiger partial charge in [-0.2, -0.15) is 13.2 Å². The fourth-order valence-corrected chi connectivity index (χ4v) is 4.29. The molecule has 0 spiro atoms. The van der Waals surface area contributed by atoms with Crippen molar-refractivity contribution in [1.29, 1.82) is 0 Å². The van der Waals surface area contributed by atoms with Gasteiger partial charge in [-0.1, -0.05) is 36.3 Å². The molecular formula is C25H23F4N3O2S. The summed E-state index contributed by atoms with van der Waals surface area (Å²) in [6.07, 6.45) is 4.91. The highest BCUT2D eigenvalue weighted by Gasteiger charge is 2.42. The number of hydrogen-bond donors (Lipinski definition) is 2. The highest BCUT2D eigenvalue weighted by molar-refractivity contribution is 7.92. The van der Waals surface area contributed by atoms with Crippen LogP contribution < -0.4 is 10.0 Å². The minimum atomic E-state index is -4.70. The van der Waals surface area contributed by atoms with Crippen LogP contribution in [0.1, 0.15) is 17.5 Å². The third-order valence-corrected chi connectivity index (χ3v) is 5.70. The topological polar surface area (TPSA) is 61.4 Å². The predicted molar refractivity (Wildman–Crippen MR) is 129 cm³/mol. The van der Waals surface area contributed by atoms with E-state index in [-0.39, 0.29) is 17.7 Å². The van der Waals surface area contributed by atoms with Gasteiger partial charge in [-0.05, 0) is 47.9 Å². The van der Waals surface area contributed by atoms with Gasteiger partial charge in [0.25, 0.3) is 0 Å². The van der Waals surface area contributed by atoms with Crippen LogP contribution in [-0.4, -0.2) is 31.9 Å². The Labute approximate surface area is 201 Å². The molecule has 35 heavy (non-hydrogen) atoms. The highest BCUT2D eigenvalue weighted by atomic mass is 32.2. The first kappa shape index (κ1) is 25.9. The molecule has 1 aliphatic rings. The molecule has 0 fully saturated rings. The lowest BCUT2D eigenvalue weighted by atomic mass is 10.0. The molecule has 5 nitrogen and oxygen atoms in total. The molecule has 1 atom stereocenters. The normalized spacial score (nSPS) is 16.1. The molecule has 0 aromatic heterocycles. The number of rotatable bonds is 8. The van der Waals surface area contributed by atoms with Crippen LogP contribution in [0, 0.1) is 18.2 Å². The third-order valence-electron chi connectivity index (χ3n) is 5.12. The zero-order valence-corrected chi connectivity index (χ0v) is 19.5. The maximum absolute atomic E-state index is 14.8. The van der Waals surface area contributed by atoms with E-state index in [1.54, 1.807) is 36.4 Å². The van der Waals surface area contributed by atoms with Gasteiger partial charge in [0.15, 0.2) is 0 Å². The molecule has 10 heteroatoms. The fourth-order valence-electron chi connectivity index (χ4n) is 3.71. The maximum Gasteiger partial charge on any atom is 0.431 e. The van der Waals surface area contributed by atoms with Crippen molar-refractivity contribution in [3.05, 3.63) is 95.5 Å². The van der Waals surface area contributed by atoms with E-state index in [0.29, 0.717) is 17.7 Å². The average molecular weight is 506 g/mol. The molecule has 3 rings (SSSR count). The Morgan fingerprint density at radius 1 is 1.20 bits per heavy atom. The highest BCUT2D eigenvalue weighted by Crippen LogP contribution is 2.37. The fraction of sp³-hybridized carbons (Fsp3) is 0.200. The molecule has 2 aromatic carbocycles. The Morgan fingerprint density at radius 2 is 1.89 bits per heavy atom. The van der Waals surface area contributed by atoms with Crippen LogP contribution in [0.3, 0.4) is 0 Å². The molecule has 0 radical (unpaired) electrons. The number of terminal acetylenes is 1. The smallest absolute Gasteiger partial charge is 0.362 e. The minimum absolute atomic E-state index is 0.129. The number of allylic oxidation sites excluding steroid dienone is 4. The molecule has 0 amide bonds. The van der Waals surface area contributed by atoms with Crippen molar-refractivity contribution >= 4 is 21.4 Å². The zero-order valence-electron chi connectivity index (χ0n) is 18.7. The first-order valence-electron chi connectivity index (χ1n) is 10.4. The van der Waals surface area contributed by atoms with Crippen LogP contribution in [0.2, 0.25) is 0 Å². The summed E-state index contributed by atoms with van der Waals surface area (Å²) >= 11 is 0. The van der Waals surface area contributed by atoms with Gasteiger partial charge in [0.2, 0.25) is 10.0 Å². The van der Waals surface area contributed by atoms with Gasteiger partial charge in [0.1, 0.15) is 17.7 Å². The van der Waals surface area contributed by atoms with Crippen molar-refractivity contribution in [3.8, 4) is 12.3 Å². The lowest BCUT2D eigenvalue weighted by molar-refractivity contribution is -0.114. The summed E-state index contributed by atoms with van der Waals surface area (Å²) in [5.74, 6) is 1.20. The molecule has 0 saturated heterocycles. The van der Waals surface area contributed by atoms with E-state index in [4.69, 9.17) is 6.42 Å². The molecule has 0 saturated carbocycles. The van der Waals surface area contributed by atoms with E-state index in [0.717, 1.165) is 23.3 Å². The number of hydrogen-bond acceptors (Lipinski definition) is 4. The molecular weight excluding hydrogens is 482 g/mol. The summed E-state index contributed by atoms with van der Waals surface area (Å²) in [6.45, 7) is 3.32. The van der Waals surface area contributed by atoms with Crippen molar-refractivity contribution in [1.82, 2.24) is 4.90 Å².